The summed E-state index contributed by atoms with van der Waals surface area (Å²) in [5.74, 6) is -0.419. The van der Waals surface area contributed by atoms with E-state index in [0.717, 1.165) is 18.4 Å². The van der Waals surface area contributed by atoms with Gasteiger partial charge in [-0.1, -0.05) is 12.1 Å². The first-order chi connectivity index (χ1) is 12.1. The third-order valence-electron chi connectivity index (χ3n) is 4.26. The van der Waals surface area contributed by atoms with E-state index in [4.69, 9.17) is 9.84 Å². The molecule has 0 spiro atoms. The Morgan fingerprint density at radius 2 is 2.16 bits per heavy atom. The first kappa shape index (κ1) is 17.0. The zero-order chi connectivity index (χ0) is 17.6. The van der Waals surface area contributed by atoms with Crippen molar-refractivity contribution in [3.63, 3.8) is 0 Å². The monoisotopic (exact) mass is 340 g/mol. The Hall–Kier alpha value is -2.89. The maximum absolute atomic E-state index is 12.7. The molecule has 6 heteroatoms. The van der Waals surface area contributed by atoms with Gasteiger partial charge in [-0.25, -0.2) is 0 Å². The number of amides is 1. The van der Waals surface area contributed by atoms with Crippen molar-refractivity contribution in [3.8, 4) is 5.75 Å². The summed E-state index contributed by atoms with van der Waals surface area (Å²) in [6, 6.07) is 10.5. The van der Waals surface area contributed by atoms with Gasteiger partial charge in [0, 0.05) is 36.1 Å². The minimum absolute atomic E-state index is 0.0110. The van der Waals surface area contributed by atoms with E-state index >= 15 is 0 Å². The van der Waals surface area contributed by atoms with E-state index in [0.29, 0.717) is 24.5 Å². The van der Waals surface area contributed by atoms with Gasteiger partial charge in [0.1, 0.15) is 12.4 Å². The summed E-state index contributed by atoms with van der Waals surface area (Å²) >= 11 is 0. The number of benzene rings is 1. The van der Waals surface area contributed by atoms with Crippen LogP contribution in [0.25, 0.3) is 0 Å². The molecule has 1 unspecified atom stereocenters. The number of aliphatic carboxylic acids is 1. The first-order valence-electron chi connectivity index (χ1n) is 8.28. The topological polar surface area (TPSA) is 79.7 Å². The fourth-order valence-electron chi connectivity index (χ4n) is 3.05. The quantitative estimate of drug-likeness (QED) is 0.874. The third-order valence-corrected chi connectivity index (χ3v) is 4.26. The third kappa shape index (κ3) is 4.35. The van der Waals surface area contributed by atoms with Crippen LogP contribution in [0.5, 0.6) is 5.75 Å². The number of hydrogen-bond acceptors (Lipinski definition) is 4. The molecule has 1 aliphatic rings. The number of hydrogen-bond donors (Lipinski definition) is 1. The number of ether oxygens (including phenoxy) is 1. The van der Waals surface area contributed by atoms with Crippen LogP contribution in [0, 0.1) is 0 Å². The maximum atomic E-state index is 12.7. The van der Waals surface area contributed by atoms with Gasteiger partial charge in [0.2, 0.25) is 0 Å². The van der Waals surface area contributed by atoms with Crippen LogP contribution < -0.4 is 4.74 Å². The Morgan fingerprint density at radius 3 is 2.92 bits per heavy atom. The lowest BCUT2D eigenvalue weighted by atomic mass is 10.1. The molecule has 2 aromatic rings. The fourth-order valence-corrected chi connectivity index (χ4v) is 3.05. The molecule has 6 nitrogen and oxygen atoms in total. The van der Waals surface area contributed by atoms with Gasteiger partial charge in [-0.2, -0.15) is 0 Å². The number of carboxylic acid groups (broad SMARTS) is 1. The van der Waals surface area contributed by atoms with Gasteiger partial charge < -0.3 is 14.7 Å². The van der Waals surface area contributed by atoms with E-state index < -0.39 is 5.97 Å². The molecule has 1 aromatic heterocycles. The van der Waals surface area contributed by atoms with Crippen molar-refractivity contribution >= 4 is 11.9 Å². The molecule has 1 atom stereocenters. The largest absolute Gasteiger partial charge is 0.489 e. The summed E-state index contributed by atoms with van der Waals surface area (Å²) in [5.41, 5.74) is 1.46. The molecule has 130 valence electrons. The second-order valence-electron chi connectivity index (χ2n) is 6.07. The van der Waals surface area contributed by atoms with E-state index in [1.54, 1.807) is 41.6 Å². The average molecular weight is 340 g/mol. The standard InChI is InChI=1S/C19H20N2O4/c22-18(23)11-16-6-3-9-21(16)19(24)15-5-1-7-17(10-15)25-13-14-4-2-8-20-12-14/h1-2,4-5,7-8,10,12,16H,3,6,9,11,13H2,(H,22,23). The SMILES string of the molecule is O=C(O)CC1CCCN1C(=O)c1cccc(OCc2cccnc2)c1. The van der Waals surface area contributed by atoms with Gasteiger partial charge in [0.25, 0.3) is 5.91 Å². The van der Waals surface area contributed by atoms with Crippen LogP contribution in [0.3, 0.4) is 0 Å². The normalized spacial score (nSPS) is 16.6. The second-order valence-corrected chi connectivity index (χ2v) is 6.07. The number of carbonyl (C=O) groups excluding carboxylic acids is 1. The van der Waals surface area contributed by atoms with Crippen LogP contribution in [0.4, 0.5) is 0 Å². The fraction of sp³-hybridized carbons (Fsp3) is 0.316. The lowest BCUT2D eigenvalue weighted by Gasteiger charge is -2.23. The molecule has 0 radical (unpaired) electrons. The lowest BCUT2D eigenvalue weighted by molar-refractivity contribution is -0.137. The first-order valence-corrected chi connectivity index (χ1v) is 8.28. The highest BCUT2D eigenvalue weighted by atomic mass is 16.5. The number of likely N-dealkylation sites (tertiary alicyclic amines) is 1. The summed E-state index contributed by atoms with van der Waals surface area (Å²) in [6.07, 6.45) is 4.99. The summed E-state index contributed by atoms with van der Waals surface area (Å²) < 4.78 is 5.73. The Kier molecular flexibility index (Phi) is 5.28. The van der Waals surface area contributed by atoms with E-state index in [1.807, 2.05) is 12.1 Å². The van der Waals surface area contributed by atoms with Crippen molar-refractivity contribution in [1.82, 2.24) is 9.88 Å². The van der Waals surface area contributed by atoms with Gasteiger partial charge in [0.05, 0.1) is 6.42 Å². The Balaban J connectivity index is 1.68. The molecule has 1 aromatic carbocycles. The summed E-state index contributed by atoms with van der Waals surface area (Å²) in [6.45, 7) is 0.967. The lowest BCUT2D eigenvalue weighted by Crippen LogP contribution is -2.36. The number of rotatable bonds is 6. The van der Waals surface area contributed by atoms with Gasteiger partial charge in [-0.05, 0) is 37.1 Å². The van der Waals surface area contributed by atoms with E-state index in [9.17, 15) is 9.59 Å². The molecule has 1 saturated heterocycles. The zero-order valence-electron chi connectivity index (χ0n) is 13.8. The summed E-state index contributed by atoms with van der Waals surface area (Å²) in [7, 11) is 0. The molecule has 2 heterocycles. The van der Waals surface area contributed by atoms with Crippen molar-refractivity contribution < 1.29 is 19.4 Å². The van der Waals surface area contributed by atoms with Crippen LogP contribution in [0.1, 0.15) is 35.2 Å². The Morgan fingerprint density at radius 1 is 1.28 bits per heavy atom. The van der Waals surface area contributed by atoms with Crippen LogP contribution in [0.15, 0.2) is 48.8 Å². The molecule has 3 rings (SSSR count). The predicted molar refractivity (Wildman–Crippen MR) is 91.3 cm³/mol. The van der Waals surface area contributed by atoms with E-state index in [-0.39, 0.29) is 18.4 Å². The highest BCUT2D eigenvalue weighted by Gasteiger charge is 2.31. The number of nitrogens with zero attached hydrogens (tertiary/aromatic N) is 2. The Labute approximate surface area is 146 Å². The second kappa shape index (κ2) is 7.79. The number of carbonyl (C=O) groups is 2. The van der Waals surface area contributed by atoms with E-state index in [2.05, 4.69) is 4.98 Å². The molecule has 1 N–H and O–H groups in total. The number of aromatic nitrogens is 1. The van der Waals surface area contributed by atoms with Crippen molar-refractivity contribution in [2.75, 3.05) is 6.54 Å². The molecule has 0 saturated carbocycles. The molecule has 1 fully saturated rings. The van der Waals surface area contributed by atoms with Gasteiger partial charge in [-0.15, -0.1) is 0 Å². The molecule has 25 heavy (non-hydrogen) atoms. The van der Waals surface area contributed by atoms with Crippen molar-refractivity contribution in [1.29, 1.82) is 0 Å². The highest BCUT2D eigenvalue weighted by molar-refractivity contribution is 5.95. The van der Waals surface area contributed by atoms with Crippen molar-refractivity contribution in [2.24, 2.45) is 0 Å². The molecular formula is C19H20N2O4. The molecule has 1 amide bonds. The minimum Gasteiger partial charge on any atom is -0.489 e. The van der Waals surface area contributed by atoms with E-state index in [1.165, 1.54) is 0 Å². The number of pyridine rings is 1. The van der Waals surface area contributed by atoms with Gasteiger partial charge >= 0.3 is 5.97 Å². The average Bonchev–Trinajstić information content (AvgIpc) is 3.08. The van der Waals surface area contributed by atoms with Gasteiger partial charge in [0.15, 0.2) is 0 Å². The highest BCUT2D eigenvalue weighted by Crippen LogP contribution is 2.24. The maximum Gasteiger partial charge on any atom is 0.305 e. The molecule has 0 aliphatic carbocycles. The van der Waals surface area contributed by atoms with Crippen LogP contribution >= 0.6 is 0 Å². The summed E-state index contributed by atoms with van der Waals surface area (Å²) in [5, 5.41) is 9.00. The van der Waals surface area contributed by atoms with Crippen molar-refractivity contribution in [3.05, 3.63) is 59.9 Å². The number of carboxylic acids is 1. The Bertz CT molecular complexity index is 748. The van der Waals surface area contributed by atoms with Crippen LogP contribution in [-0.2, 0) is 11.4 Å². The minimum atomic E-state index is -0.877. The summed E-state index contributed by atoms with van der Waals surface area (Å²) in [4.78, 5) is 29.4. The zero-order valence-corrected chi connectivity index (χ0v) is 13.8. The van der Waals surface area contributed by atoms with Crippen molar-refractivity contribution in [2.45, 2.75) is 31.9 Å². The smallest absolute Gasteiger partial charge is 0.305 e. The molecule has 1 aliphatic heterocycles. The predicted octanol–water partition coefficient (Wildman–Crippen LogP) is 2.74. The van der Waals surface area contributed by atoms with Crippen LogP contribution in [0.2, 0.25) is 0 Å². The van der Waals surface area contributed by atoms with Crippen LogP contribution in [-0.4, -0.2) is 39.5 Å². The van der Waals surface area contributed by atoms with Gasteiger partial charge in [-0.3, -0.25) is 14.6 Å². The molecular weight excluding hydrogens is 320 g/mol. The molecule has 0 bridgehead atoms.